The molecule has 0 saturated heterocycles. The highest BCUT2D eigenvalue weighted by molar-refractivity contribution is 4.80. The second kappa shape index (κ2) is 7.37. The van der Waals surface area contributed by atoms with Crippen molar-refractivity contribution in [2.45, 2.75) is 11.8 Å². The first-order chi connectivity index (χ1) is 5.41. The normalized spacial score (nSPS) is 11.0. The summed E-state index contributed by atoms with van der Waals surface area (Å²) in [5, 5.41) is 25.0. The number of rotatable bonds is 3. The van der Waals surface area contributed by atoms with Gasteiger partial charge < -0.3 is 38.3 Å². The van der Waals surface area contributed by atoms with E-state index in [9.17, 15) is 0 Å². The van der Waals surface area contributed by atoms with E-state index in [2.05, 4.69) is 17.2 Å². The zero-order valence-corrected chi connectivity index (χ0v) is 6.85. The molecule has 0 aromatic carbocycles. The number of aliphatic hydroxyl groups is 3. The lowest BCUT2D eigenvalue weighted by atomic mass is 10.1. The highest BCUT2D eigenvalue weighted by atomic mass is 16.3. The third kappa shape index (κ3) is 9.72. The predicted molar refractivity (Wildman–Crippen MR) is 44.5 cm³/mol. The van der Waals surface area contributed by atoms with E-state index < -0.39 is 31.6 Å². The van der Waals surface area contributed by atoms with E-state index >= 15 is 0 Å². The summed E-state index contributed by atoms with van der Waals surface area (Å²) in [5.41, 5.74) is 17.9. The van der Waals surface area contributed by atoms with Crippen molar-refractivity contribution in [3.05, 3.63) is 0 Å². The molecule has 0 aliphatic carbocycles. The van der Waals surface area contributed by atoms with Crippen LogP contribution >= 0.6 is 0 Å². The largest absolute Gasteiger partial charge is 0.394 e. The Bertz CT molecular complexity index is 85.7. The molecule has 0 saturated carbocycles. The molecule has 0 radical (unpaired) electrons. The summed E-state index contributed by atoms with van der Waals surface area (Å²) < 4.78 is 0. The van der Waals surface area contributed by atoms with Crippen LogP contribution in [0.1, 0.15) is 0 Å². The van der Waals surface area contributed by atoms with Gasteiger partial charge in [0.05, 0.1) is 25.4 Å². The third-order valence-corrected chi connectivity index (χ3v) is 0.945. The minimum atomic E-state index is -1.21. The second-order valence-electron chi connectivity index (χ2n) is 2.41. The first kappa shape index (κ1) is 14.3. The van der Waals surface area contributed by atoms with Crippen molar-refractivity contribution in [2.75, 3.05) is 19.8 Å². The lowest BCUT2D eigenvalue weighted by Crippen LogP contribution is -2.50. The molecule has 0 fully saturated rings. The predicted octanol–water partition coefficient (Wildman–Crippen LogP) is -4.19. The molecule has 7 heteroatoms. The first-order valence-electron chi connectivity index (χ1n) is 3.30. The van der Waals surface area contributed by atoms with Gasteiger partial charge in [0.25, 0.3) is 0 Å². The minimum absolute atomic E-state index is 0.403. The van der Waals surface area contributed by atoms with Crippen molar-refractivity contribution in [1.29, 1.82) is 0 Å². The summed E-state index contributed by atoms with van der Waals surface area (Å²) in [6, 6.07) is 0. The van der Waals surface area contributed by atoms with Gasteiger partial charge in [-0.05, 0) is 0 Å². The number of hydrogen-bond acceptors (Lipinski definition) is 7. The van der Waals surface area contributed by atoms with Gasteiger partial charge in [0, 0.05) is 0 Å². The van der Waals surface area contributed by atoms with Crippen molar-refractivity contribution in [1.82, 2.24) is 0 Å². The summed E-state index contributed by atoms with van der Waals surface area (Å²) in [7, 11) is 0. The summed E-state index contributed by atoms with van der Waals surface area (Å²) in [5.74, 6) is 0. The molecule has 12 heavy (non-hydrogen) atoms. The fourth-order valence-corrected chi connectivity index (χ4v) is 0.150. The van der Waals surface area contributed by atoms with E-state index in [0.29, 0.717) is 0 Å². The van der Waals surface area contributed by atoms with Gasteiger partial charge in [-0.15, -0.1) is 0 Å². The number of aliphatic hydroxyl groups excluding tert-OH is 3. The van der Waals surface area contributed by atoms with Gasteiger partial charge in [-0.3, -0.25) is 0 Å². The maximum Gasteiger partial charge on any atom is 0.104 e. The van der Waals surface area contributed by atoms with Crippen molar-refractivity contribution < 1.29 is 15.3 Å². The van der Waals surface area contributed by atoms with Crippen LogP contribution < -0.4 is 22.9 Å². The van der Waals surface area contributed by atoms with E-state index in [1.165, 1.54) is 0 Å². The molecule has 0 bridgehead atoms. The summed E-state index contributed by atoms with van der Waals surface area (Å²) in [6.07, 6.45) is -0.667. The van der Waals surface area contributed by atoms with Crippen LogP contribution in [0.25, 0.3) is 0 Å². The zero-order chi connectivity index (χ0) is 10.2. The summed E-state index contributed by atoms with van der Waals surface area (Å²) in [4.78, 5) is 0. The Morgan fingerprint density at radius 3 is 1.08 bits per heavy atom. The molecular formula is C5H18N4O3. The molecule has 0 aromatic heterocycles. The average molecular weight is 182 g/mol. The van der Waals surface area contributed by atoms with Gasteiger partial charge in [-0.2, -0.15) is 0 Å². The Labute approximate surface area is 70.9 Å². The summed E-state index contributed by atoms with van der Waals surface area (Å²) in [6.45, 7) is -1.21. The number of nitrogens with two attached hydrogens (primary N) is 4. The van der Waals surface area contributed by atoms with Crippen molar-refractivity contribution in [2.24, 2.45) is 22.9 Å². The Kier molecular flexibility index (Phi) is 8.76. The minimum Gasteiger partial charge on any atom is -0.394 e. The number of hydrogen-bond donors (Lipinski definition) is 7. The lowest BCUT2D eigenvalue weighted by molar-refractivity contribution is 0.0698. The molecule has 0 aromatic rings. The van der Waals surface area contributed by atoms with Crippen LogP contribution in [0.15, 0.2) is 0 Å². The fraction of sp³-hybridized carbons (Fsp3) is 1.00. The third-order valence-electron chi connectivity index (χ3n) is 0.945. The Morgan fingerprint density at radius 2 is 1.08 bits per heavy atom. The van der Waals surface area contributed by atoms with Crippen LogP contribution in [0.4, 0.5) is 0 Å². The van der Waals surface area contributed by atoms with E-state index in [4.69, 9.17) is 21.1 Å². The molecule has 76 valence electrons. The zero-order valence-electron chi connectivity index (χ0n) is 6.85. The molecule has 0 atom stereocenters. The van der Waals surface area contributed by atoms with E-state index in [1.54, 1.807) is 0 Å². The Balaban J connectivity index is 0. The molecule has 0 aliphatic rings. The summed E-state index contributed by atoms with van der Waals surface area (Å²) >= 11 is 0. The standard InChI is InChI=1S/C4H11NO3.CH7N3/c5-4(1-6,2-7)3-8;2-1(3)4/h6-8H,1-3,5H2;1H,2-4H2. The average Bonchev–Trinajstić information content (AvgIpc) is 2.02. The molecule has 11 N–H and O–H groups in total. The van der Waals surface area contributed by atoms with Crippen LogP contribution in [0.5, 0.6) is 0 Å². The monoisotopic (exact) mass is 182 g/mol. The van der Waals surface area contributed by atoms with Gasteiger partial charge in [0.15, 0.2) is 0 Å². The molecule has 0 aliphatic heterocycles. The van der Waals surface area contributed by atoms with Gasteiger partial charge in [-0.25, -0.2) is 0 Å². The molecule has 0 unspecified atom stereocenters. The van der Waals surface area contributed by atoms with Crippen molar-refractivity contribution >= 4 is 0 Å². The molecule has 0 amide bonds. The van der Waals surface area contributed by atoms with E-state index in [-0.39, 0.29) is 0 Å². The van der Waals surface area contributed by atoms with E-state index in [0.717, 1.165) is 0 Å². The highest BCUT2D eigenvalue weighted by Gasteiger charge is 2.20. The van der Waals surface area contributed by atoms with Crippen LogP contribution in [0, 0.1) is 0 Å². The SMILES string of the molecule is NC(CO)(CO)CO.NC(N)N. The smallest absolute Gasteiger partial charge is 0.104 e. The van der Waals surface area contributed by atoms with Crippen LogP contribution in [-0.2, 0) is 0 Å². The van der Waals surface area contributed by atoms with Gasteiger partial charge in [-0.1, -0.05) is 0 Å². The lowest BCUT2D eigenvalue weighted by Gasteiger charge is -2.20. The second-order valence-corrected chi connectivity index (χ2v) is 2.41. The van der Waals surface area contributed by atoms with Crippen molar-refractivity contribution in [3.63, 3.8) is 0 Å². The van der Waals surface area contributed by atoms with Crippen LogP contribution in [-0.4, -0.2) is 47.0 Å². The fourth-order valence-electron chi connectivity index (χ4n) is 0.150. The Hall–Kier alpha value is -0.280. The molecule has 0 rings (SSSR count). The molecular weight excluding hydrogens is 164 g/mol. The van der Waals surface area contributed by atoms with E-state index in [1.807, 2.05) is 0 Å². The molecule has 0 spiro atoms. The van der Waals surface area contributed by atoms with Gasteiger partial charge in [0.1, 0.15) is 6.29 Å². The van der Waals surface area contributed by atoms with Gasteiger partial charge >= 0.3 is 0 Å². The quantitative estimate of drug-likeness (QED) is 0.217. The molecule has 7 nitrogen and oxygen atoms in total. The van der Waals surface area contributed by atoms with Crippen molar-refractivity contribution in [3.8, 4) is 0 Å². The maximum atomic E-state index is 8.34. The van der Waals surface area contributed by atoms with Crippen LogP contribution in [0.3, 0.4) is 0 Å². The first-order valence-corrected chi connectivity index (χ1v) is 3.30. The highest BCUT2D eigenvalue weighted by Crippen LogP contribution is 1.93. The Morgan fingerprint density at radius 1 is 0.917 bits per heavy atom. The maximum absolute atomic E-state index is 8.34. The topological polar surface area (TPSA) is 165 Å². The van der Waals surface area contributed by atoms with Crippen LogP contribution in [0.2, 0.25) is 0 Å². The molecule has 0 heterocycles. The van der Waals surface area contributed by atoms with Gasteiger partial charge in [0.2, 0.25) is 0 Å².